The summed E-state index contributed by atoms with van der Waals surface area (Å²) in [5, 5.41) is 7.57. The van der Waals surface area contributed by atoms with Crippen LogP contribution in [-0.4, -0.2) is 16.3 Å². The fourth-order valence-electron chi connectivity index (χ4n) is 1.03. The molecule has 0 aliphatic carbocycles. The maximum atomic E-state index is 8.04. The summed E-state index contributed by atoms with van der Waals surface area (Å²) in [6.07, 6.45) is 8.51. The van der Waals surface area contributed by atoms with Crippen LogP contribution >= 0.6 is 0 Å². The first-order chi connectivity index (χ1) is 6.86. The lowest BCUT2D eigenvalue weighted by Gasteiger charge is -1.89. The van der Waals surface area contributed by atoms with E-state index < -0.39 is 0 Å². The highest BCUT2D eigenvalue weighted by Crippen LogP contribution is 2.01. The van der Waals surface area contributed by atoms with Crippen LogP contribution in [0.15, 0.2) is 23.6 Å². The largest absolute Gasteiger partial charge is 0.272 e. The van der Waals surface area contributed by atoms with Gasteiger partial charge in [0.1, 0.15) is 0 Å². The molecule has 0 spiro atoms. The third-order valence-corrected chi connectivity index (χ3v) is 1.75. The molecule has 74 valence electrons. The molecule has 1 rings (SSSR count). The van der Waals surface area contributed by atoms with Crippen molar-refractivity contribution in [3.8, 4) is 0 Å². The van der Waals surface area contributed by atoms with Crippen LogP contribution in [-0.2, 0) is 6.54 Å². The zero-order chi connectivity index (χ0) is 10.2. The average Bonchev–Trinajstić information content (AvgIpc) is 2.65. The Morgan fingerprint density at radius 3 is 3.21 bits per heavy atom. The minimum absolute atomic E-state index is 0.509. The summed E-state index contributed by atoms with van der Waals surface area (Å²) in [4.78, 5) is 2.67. The maximum absolute atomic E-state index is 8.04. The predicted molar refractivity (Wildman–Crippen MR) is 55.6 cm³/mol. The summed E-state index contributed by atoms with van der Waals surface area (Å²) in [6.45, 7) is 3.43. The number of azide groups is 1. The number of aryl methyl sites for hydroxylation is 1. The van der Waals surface area contributed by atoms with Crippen LogP contribution in [0.5, 0.6) is 0 Å². The molecular weight excluding hydrogens is 178 g/mol. The smallest absolute Gasteiger partial charge is 0.0562 e. The van der Waals surface area contributed by atoms with Crippen molar-refractivity contribution in [1.82, 2.24) is 9.78 Å². The van der Waals surface area contributed by atoms with Gasteiger partial charge in [-0.05, 0) is 18.9 Å². The van der Waals surface area contributed by atoms with Crippen molar-refractivity contribution in [3.63, 3.8) is 0 Å². The normalized spacial score (nSPS) is 10.4. The first-order valence-electron chi connectivity index (χ1n) is 4.56. The van der Waals surface area contributed by atoms with Gasteiger partial charge < -0.3 is 0 Å². The number of hydrogen-bond donors (Lipinski definition) is 0. The van der Waals surface area contributed by atoms with Crippen LogP contribution in [0.2, 0.25) is 0 Å². The number of aromatic nitrogens is 2. The number of rotatable bonds is 5. The molecule has 0 radical (unpaired) electrons. The van der Waals surface area contributed by atoms with E-state index in [1.807, 2.05) is 36.2 Å². The molecule has 0 saturated carbocycles. The molecule has 0 aliphatic heterocycles. The average molecular weight is 191 g/mol. The summed E-state index contributed by atoms with van der Waals surface area (Å²) >= 11 is 0. The maximum Gasteiger partial charge on any atom is 0.0562 e. The van der Waals surface area contributed by atoms with Crippen LogP contribution in [0.4, 0.5) is 0 Å². The van der Waals surface area contributed by atoms with Crippen molar-refractivity contribution in [1.29, 1.82) is 0 Å². The third-order valence-electron chi connectivity index (χ3n) is 1.75. The molecule has 0 atom stereocenters. The molecule has 0 bridgehead atoms. The van der Waals surface area contributed by atoms with E-state index >= 15 is 0 Å². The Morgan fingerprint density at radius 1 is 1.71 bits per heavy atom. The molecule has 1 aromatic rings. The van der Waals surface area contributed by atoms with E-state index in [-0.39, 0.29) is 0 Å². The molecular formula is C9H13N5. The number of nitrogens with zero attached hydrogens (tertiary/aromatic N) is 5. The van der Waals surface area contributed by atoms with E-state index in [0.717, 1.165) is 18.5 Å². The fourth-order valence-corrected chi connectivity index (χ4v) is 1.03. The van der Waals surface area contributed by atoms with Gasteiger partial charge in [0.05, 0.1) is 6.20 Å². The summed E-state index contributed by atoms with van der Waals surface area (Å²) in [7, 11) is 0. The Balaban J connectivity index is 2.39. The lowest BCUT2D eigenvalue weighted by atomic mass is 10.3. The van der Waals surface area contributed by atoms with Gasteiger partial charge in [-0.3, -0.25) is 4.68 Å². The van der Waals surface area contributed by atoms with Crippen LogP contribution in [0.25, 0.3) is 16.5 Å². The summed E-state index contributed by atoms with van der Waals surface area (Å²) in [5.41, 5.74) is 9.12. The van der Waals surface area contributed by atoms with E-state index in [0.29, 0.717) is 6.54 Å². The minimum Gasteiger partial charge on any atom is -0.272 e. The second-order valence-corrected chi connectivity index (χ2v) is 2.77. The van der Waals surface area contributed by atoms with E-state index in [9.17, 15) is 0 Å². The Hall–Kier alpha value is -1.74. The van der Waals surface area contributed by atoms with Gasteiger partial charge >= 0.3 is 0 Å². The predicted octanol–water partition coefficient (Wildman–Crippen LogP) is 2.62. The first-order valence-corrected chi connectivity index (χ1v) is 4.56. The topological polar surface area (TPSA) is 66.6 Å². The third kappa shape index (κ3) is 3.33. The standard InChI is InChI=1S/C9H13N5/c1-2-14-8-9(7-12-14)5-3-4-6-11-13-10/h3,5,7-8H,2,4,6H2,1H3. The zero-order valence-electron chi connectivity index (χ0n) is 8.17. The SMILES string of the molecule is CCn1cc(C=CCCN=[N+]=[N-])cn1. The second-order valence-electron chi connectivity index (χ2n) is 2.77. The summed E-state index contributed by atoms with van der Waals surface area (Å²) in [6, 6.07) is 0. The lowest BCUT2D eigenvalue weighted by Crippen LogP contribution is -1.91. The summed E-state index contributed by atoms with van der Waals surface area (Å²) in [5.74, 6) is 0. The van der Waals surface area contributed by atoms with Gasteiger partial charge in [0.25, 0.3) is 0 Å². The van der Waals surface area contributed by atoms with Crippen molar-refractivity contribution >= 4 is 6.08 Å². The van der Waals surface area contributed by atoms with Crippen LogP contribution in [0.3, 0.4) is 0 Å². The minimum atomic E-state index is 0.509. The molecule has 1 aromatic heterocycles. The monoisotopic (exact) mass is 191 g/mol. The van der Waals surface area contributed by atoms with Gasteiger partial charge in [0.15, 0.2) is 0 Å². The molecule has 1 heterocycles. The molecule has 0 amide bonds. The Labute approximate surface area is 82.7 Å². The quantitative estimate of drug-likeness (QED) is 0.305. The van der Waals surface area contributed by atoms with E-state index in [1.54, 1.807) is 0 Å². The molecule has 0 N–H and O–H groups in total. The Morgan fingerprint density at radius 2 is 2.57 bits per heavy atom. The Bertz CT molecular complexity index is 346. The van der Waals surface area contributed by atoms with Crippen molar-refractivity contribution in [2.24, 2.45) is 5.11 Å². The van der Waals surface area contributed by atoms with E-state index in [1.165, 1.54) is 0 Å². The zero-order valence-corrected chi connectivity index (χ0v) is 8.17. The van der Waals surface area contributed by atoms with Crippen molar-refractivity contribution in [2.75, 3.05) is 6.54 Å². The molecule has 0 aliphatic rings. The second kappa shape index (κ2) is 5.83. The molecule has 14 heavy (non-hydrogen) atoms. The molecule has 0 unspecified atom stereocenters. The van der Waals surface area contributed by atoms with Gasteiger partial charge in [-0.2, -0.15) is 5.10 Å². The molecule has 0 fully saturated rings. The van der Waals surface area contributed by atoms with Crippen LogP contribution in [0, 0.1) is 0 Å². The Kier molecular flexibility index (Phi) is 4.31. The van der Waals surface area contributed by atoms with Crippen LogP contribution < -0.4 is 0 Å². The van der Waals surface area contributed by atoms with E-state index in [4.69, 9.17) is 5.53 Å². The van der Waals surface area contributed by atoms with Gasteiger partial charge in [-0.25, -0.2) is 0 Å². The highest BCUT2D eigenvalue weighted by atomic mass is 15.3. The van der Waals surface area contributed by atoms with Crippen molar-refractivity contribution < 1.29 is 0 Å². The molecule has 5 nitrogen and oxygen atoms in total. The van der Waals surface area contributed by atoms with Gasteiger partial charge in [0.2, 0.25) is 0 Å². The van der Waals surface area contributed by atoms with Crippen molar-refractivity contribution in [3.05, 3.63) is 34.5 Å². The fraction of sp³-hybridized carbons (Fsp3) is 0.444. The molecule has 0 aromatic carbocycles. The number of hydrogen-bond acceptors (Lipinski definition) is 2. The highest BCUT2D eigenvalue weighted by molar-refractivity contribution is 5.46. The van der Waals surface area contributed by atoms with Gasteiger partial charge in [0, 0.05) is 29.8 Å². The van der Waals surface area contributed by atoms with Crippen molar-refractivity contribution in [2.45, 2.75) is 19.9 Å². The lowest BCUT2D eigenvalue weighted by molar-refractivity contribution is 0.660. The highest BCUT2D eigenvalue weighted by Gasteiger charge is 1.90. The molecule has 5 heteroatoms. The van der Waals surface area contributed by atoms with Gasteiger partial charge in [-0.1, -0.05) is 17.3 Å². The van der Waals surface area contributed by atoms with Gasteiger partial charge in [-0.15, -0.1) is 0 Å². The van der Waals surface area contributed by atoms with E-state index in [2.05, 4.69) is 15.1 Å². The summed E-state index contributed by atoms with van der Waals surface area (Å²) < 4.78 is 1.87. The molecule has 0 saturated heterocycles. The van der Waals surface area contributed by atoms with Crippen LogP contribution in [0.1, 0.15) is 18.9 Å². The first kappa shape index (κ1) is 10.3.